The molecule has 0 bridgehead atoms. The highest BCUT2D eigenvalue weighted by molar-refractivity contribution is 9.10. The molecule has 3 rings (SSSR count). The number of carbonyl (C=O) groups is 1. The van der Waals surface area contributed by atoms with Crippen LogP contribution in [0, 0.1) is 0 Å². The number of halogens is 1. The van der Waals surface area contributed by atoms with Gasteiger partial charge in [0, 0.05) is 30.5 Å². The summed E-state index contributed by atoms with van der Waals surface area (Å²) in [5.41, 5.74) is 0.445. The maximum absolute atomic E-state index is 12.1. The Morgan fingerprint density at radius 3 is 3.14 bits per heavy atom. The molecule has 0 radical (unpaired) electrons. The summed E-state index contributed by atoms with van der Waals surface area (Å²) in [6.07, 6.45) is 4.95. The fourth-order valence-electron chi connectivity index (χ4n) is 2.30. The highest BCUT2D eigenvalue weighted by atomic mass is 79.9. The van der Waals surface area contributed by atoms with Crippen LogP contribution in [0.1, 0.15) is 35.1 Å². The molecule has 3 heterocycles. The number of rotatable bonds is 3. The molecule has 0 saturated heterocycles. The van der Waals surface area contributed by atoms with Crippen molar-refractivity contribution in [2.45, 2.75) is 25.5 Å². The molecule has 21 heavy (non-hydrogen) atoms. The molecule has 0 fully saturated rings. The van der Waals surface area contributed by atoms with Crippen LogP contribution >= 0.6 is 15.9 Å². The van der Waals surface area contributed by atoms with Crippen LogP contribution in [0.15, 0.2) is 22.9 Å². The van der Waals surface area contributed by atoms with Crippen LogP contribution in [0.3, 0.4) is 0 Å². The van der Waals surface area contributed by atoms with Gasteiger partial charge in [0.15, 0.2) is 5.82 Å². The van der Waals surface area contributed by atoms with E-state index >= 15 is 0 Å². The van der Waals surface area contributed by atoms with E-state index in [2.05, 4.69) is 36.3 Å². The van der Waals surface area contributed by atoms with Gasteiger partial charge in [0.25, 0.3) is 5.91 Å². The number of anilines is 1. The lowest BCUT2D eigenvalue weighted by atomic mass is 10.1. The number of hydrogen-bond donors (Lipinski definition) is 1. The van der Waals surface area contributed by atoms with Crippen molar-refractivity contribution in [3.63, 3.8) is 0 Å². The van der Waals surface area contributed by atoms with Gasteiger partial charge in [-0.2, -0.15) is 4.98 Å². The van der Waals surface area contributed by atoms with Crippen molar-refractivity contribution in [2.24, 2.45) is 0 Å². The van der Waals surface area contributed by atoms with E-state index < -0.39 is 0 Å². The van der Waals surface area contributed by atoms with Crippen molar-refractivity contribution in [3.05, 3.63) is 34.3 Å². The van der Waals surface area contributed by atoms with Gasteiger partial charge < -0.3 is 4.74 Å². The van der Waals surface area contributed by atoms with Crippen molar-refractivity contribution < 1.29 is 9.53 Å². The van der Waals surface area contributed by atoms with Gasteiger partial charge in [-0.15, -0.1) is 5.10 Å². The second-order valence-corrected chi connectivity index (χ2v) is 5.64. The molecule has 1 atom stereocenters. The second kappa shape index (κ2) is 5.90. The smallest absolute Gasteiger partial charge is 0.259 e. The number of methoxy groups -OCH3 is 1. The van der Waals surface area contributed by atoms with Crippen LogP contribution in [0.4, 0.5) is 5.95 Å². The number of carbonyl (C=O) groups excluding carboxylic acids is 1. The molecule has 2 aromatic heterocycles. The highest BCUT2D eigenvalue weighted by Crippen LogP contribution is 2.26. The van der Waals surface area contributed by atoms with Crippen LogP contribution in [0.2, 0.25) is 0 Å². The molecular formula is C13H14BrN5O2. The van der Waals surface area contributed by atoms with Gasteiger partial charge in [-0.3, -0.25) is 15.1 Å². The zero-order valence-corrected chi connectivity index (χ0v) is 13.0. The summed E-state index contributed by atoms with van der Waals surface area (Å²) in [6.45, 7) is 0.788. The number of nitrogens with one attached hydrogen (secondary N) is 1. The van der Waals surface area contributed by atoms with Crippen molar-refractivity contribution in [1.29, 1.82) is 0 Å². The molecule has 7 nitrogen and oxygen atoms in total. The molecule has 1 aliphatic rings. The first-order valence-corrected chi connectivity index (χ1v) is 7.36. The minimum atomic E-state index is -0.291. The Morgan fingerprint density at radius 2 is 2.38 bits per heavy atom. The predicted molar refractivity (Wildman–Crippen MR) is 78.9 cm³/mol. The molecule has 0 aliphatic carbocycles. The monoisotopic (exact) mass is 351 g/mol. The van der Waals surface area contributed by atoms with Gasteiger partial charge in [0.05, 0.1) is 5.56 Å². The number of fused-ring (bicyclic) bond motifs is 1. The van der Waals surface area contributed by atoms with Crippen LogP contribution < -0.4 is 5.32 Å². The first kappa shape index (κ1) is 14.2. The maximum atomic E-state index is 12.1. The third kappa shape index (κ3) is 2.96. The Balaban J connectivity index is 1.79. The number of pyridine rings is 1. The molecule has 0 aromatic carbocycles. The van der Waals surface area contributed by atoms with E-state index in [4.69, 9.17) is 4.74 Å². The molecule has 0 spiro atoms. The number of aryl methyl sites for hydroxylation is 1. The van der Waals surface area contributed by atoms with E-state index in [0.717, 1.165) is 29.7 Å². The third-order valence-corrected chi connectivity index (χ3v) is 3.74. The van der Waals surface area contributed by atoms with Crippen molar-refractivity contribution >= 4 is 27.8 Å². The fraction of sp³-hybridized carbons (Fsp3) is 0.385. The van der Waals surface area contributed by atoms with E-state index in [1.54, 1.807) is 24.1 Å². The van der Waals surface area contributed by atoms with Crippen LogP contribution in [0.5, 0.6) is 0 Å². The van der Waals surface area contributed by atoms with Crippen LogP contribution in [0.25, 0.3) is 0 Å². The largest absolute Gasteiger partial charge is 0.373 e. The predicted octanol–water partition coefficient (Wildman–Crippen LogP) is 2.17. The lowest BCUT2D eigenvalue weighted by molar-refractivity contribution is 0.0697. The van der Waals surface area contributed by atoms with Gasteiger partial charge in [0.1, 0.15) is 6.10 Å². The number of amides is 1. The Morgan fingerprint density at radius 1 is 1.52 bits per heavy atom. The fourth-order valence-corrected chi connectivity index (χ4v) is 2.66. The molecule has 1 amide bonds. The van der Waals surface area contributed by atoms with Gasteiger partial charge in [-0.1, -0.05) is 0 Å². The topological polar surface area (TPSA) is 81.9 Å². The van der Waals surface area contributed by atoms with E-state index in [1.165, 1.54) is 6.20 Å². The van der Waals surface area contributed by atoms with Gasteiger partial charge in [-0.05, 0) is 34.8 Å². The van der Waals surface area contributed by atoms with E-state index in [0.29, 0.717) is 11.5 Å². The molecular weight excluding hydrogens is 338 g/mol. The molecule has 0 saturated carbocycles. The lowest BCUT2D eigenvalue weighted by Crippen LogP contribution is -2.18. The summed E-state index contributed by atoms with van der Waals surface area (Å²) >= 11 is 3.29. The van der Waals surface area contributed by atoms with Gasteiger partial charge in [-0.25, -0.2) is 4.68 Å². The van der Waals surface area contributed by atoms with Crippen LogP contribution in [-0.4, -0.2) is 32.8 Å². The Hall–Kier alpha value is -1.80. The lowest BCUT2D eigenvalue weighted by Gasteiger charge is -2.19. The summed E-state index contributed by atoms with van der Waals surface area (Å²) in [7, 11) is 1.65. The van der Waals surface area contributed by atoms with E-state index in [-0.39, 0.29) is 12.0 Å². The zero-order chi connectivity index (χ0) is 14.8. The van der Waals surface area contributed by atoms with Crippen LogP contribution in [-0.2, 0) is 11.3 Å². The minimum Gasteiger partial charge on any atom is -0.373 e. The van der Waals surface area contributed by atoms with Gasteiger partial charge >= 0.3 is 0 Å². The summed E-state index contributed by atoms with van der Waals surface area (Å²) in [4.78, 5) is 20.5. The number of nitrogens with zero attached hydrogens (tertiary/aromatic N) is 4. The zero-order valence-electron chi connectivity index (χ0n) is 11.4. The number of aromatic nitrogens is 4. The molecule has 1 N–H and O–H groups in total. The van der Waals surface area contributed by atoms with Crippen molar-refractivity contribution in [2.75, 3.05) is 12.4 Å². The Bertz CT molecular complexity index is 672. The van der Waals surface area contributed by atoms with E-state index in [9.17, 15) is 4.79 Å². The van der Waals surface area contributed by atoms with Crippen molar-refractivity contribution in [1.82, 2.24) is 19.7 Å². The average molecular weight is 352 g/mol. The Kier molecular flexibility index (Phi) is 3.98. The first-order chi connectivity index (χ1) is 10.2. The summed E-state index contributed by atoms with van der Waals surface area (Å²) < 4.78 is 7.91. The van der Waals surface area contributed by atoms with Gasteiger partial charge in [0.2, 0.25) is 5.95 Å². The SMILES string of the molecule is COC1CCCn2nc(NC(=O)c3cncc(Br)c3)nc21. The summed E-state index contributed by atoms with van der Waals surface area (Å²) in [6, 6.07) is 1.69. The highest BCUT2D eigenvalue weighted by Gasteiger charge is 2.24. The normalized spacial score (nSPS) is 17.3. The maximum Gasteiger partial charge on any atom is 0.259 e. The molecule has 8 heteroatoms. The molecule has 1 unspecified atom stereocenters. The number of ether oxygens (including phenoxy) is 1. The molecule has 2 aromatic rings. The van der Waals surface area contributed by atoms with E-state index in [1.807, 2.05) is 0 Å². The van der Waals surface area contributed by atoms with Crippen molar-refractivity contribution in [3.8, 4) is 0 Å². The summed E-state index contributed by atoms with van der Waals surface area (Å²) in [5, 5.41) is 6.99. The molecule has 1 aliphatic heterocycles. The molecule has 110 valence electrons. The average Bonchev–Trinajstić information content (AvgIpc) is 2.89. The second-order valence-electron chi connectivity index (χ2n) is 4.73. The minimum absolute atomic E-state index is 0.0653. The quantitative estimate of drug-likeness (QED) is 0.916. The third-order valence-electron chi connectivity index (χ3n) is 3.30. The number of hydrogen-bond acceptors (Lipinski definition) is 5. The first-order valence-electron chi connectivity index (χ1n) is 6.57. The summed E-state index contributed by atoms with van der Waals surface area (Å²) in [5.74, 6) is 0.756. The Labute approximate surface area is 129 Å². The standard InChI is InChI=1S/C13H14BrN5O2/c1-21-10-3-2-4-19-11(10)16-13(18-19)17-12(20)8-5-9(14)7-15-6-8/h5-7,10H,2-4H2,1H3,(H,17,18,20).